The summed E-state index contributed by atoms with van der Waals surface area (Å²) in [6.45, 7) is 4.07. The number of carbonyl (C=O) groups excluding carboxylic acids is 1. The van der Waals surface area contributed by atoms with E-state index in [1.807, 2.05) is 44.2 Å². The number of rotatable bonds is 6. The molecule has 0 fully saturated rings. The third-order valence-corrected chi connectivity index (χ3v) is 5.80. The van der Waals surface area contributed by atoms with Crippen LogP contribution in [0.3, 0.4) is 0 Å². The topological polar surface area (TPSA) is 66.5 Å². The lowest BCUT2D eigenvalue weighted by Crippen LogP contribution is -2.32. The molecule has 2 aromatic rings. The first kappa shape index (κ1) is 19.1. The zero-order valence-corrected chi connectivity index (χ0v) is 15.7. The Labute approximate surface area is 149 Å². The van der Waals surface area contributed by atoms with Gasteiger partial charge in [0.25, 0.3) is 5.91 Å². The second kappa shape index (κ2) is 7.80. The predicted molar refractivity (Wildman–Crippen MR) is 98.8 cm³/mol. The lowest BCUT2D eigenvalue weighted by Gasteiger charge is -2.23. The van der Waals surface area contributed by atoms with Gasteiger partial charge in [-0.2, -0.15) is 0 Å². The molecule has 0 saturated heterocycles. The minimum Gasteiger partial charge on any atom is -0.345 e. The lowest BCUT2D eigenvalue weighted by molar-refractivity contribution is 0.0925. The Bertz CT molecular complexity index is 831. The van der Waals surface area contributed by atoms with Crippen molar-refractivity contribution in [1.29, 1.82) is 0 Å². The van der Waals surface area contributed by atoms with Gasteiger partial charge in [-0.1, -0.05) is 50.2 Å². The summed E-state index contributed by atoms with van der Waals surface area (Å²) in [5.74, 6) is -0.0987. The summed E-state index contributed by atoms with van der Waals surface area (Å²) in [6, 6.07) is 15.7. The van der Waals surface area contributed by atoms with Crippen LogP contribution in [0.4, 0.5) is 0 Å². The average Bonchev–Trinajstić information content (AvgIpc) is 2.59. The molecule has 0 saturated carbocycles. The molecule has 0 aromatic heterocycles. The number of carbonyl (C=O) groups is 1. The highest BCUT2D eigenvalue weighted by atomic mass is 32.2. The molecule has 134 valence electrons. The maximum atomic E-state index is 12.7. The molecular formula is C19H24N2O3S. The fourth-order valence-corrected chi connectivity index (χ4v) is 3.48. The van der Waals surface area contributed by atoms with Gasteiger partial charge in [-0.3, -0.25) is 4.79 Å². The van der Waals surface area contributed by atoms with E-state index in [1.54, 1.807) is 12.1 Å². The van der Waals surface area contributed by atoms with Gasteiger partial charge in [0.1, 0.15) is 0 Å². The van der Waals surface area contributed by atoms with Crippen molar-refractivity contribution in [2.75, 3.05) is 14.1 Å². The highest BCUT2D eigenvalue weighted by Gasteiger charge is 2.21. The van der Waals surface area contributed by atoms with Crippen LogP contribution < -0.4 is 5.32 Å². The first-order valence-electron chi connectivity index (χ1n) is 8.12. The van der Waals surface area contributed by atoms with Crippen LogP contribution in [-0.4, -0.2) is 32.7 Å². The van der Waals surface area contributed by atoms with Crippen molar-refractivity contribution in [2.45, 2.75) is 24.8 Å². The lowest BCUT2D eigenvalue weighted by atomic mass is 9.95. The van der Waals surface area contributed by atoms with Crippen molar-refractivity contribution in [2.24, 2.45) is 5.92 Å². The summed E-state index contributed by atoms with van der Waals surface area (Å²) in [4.78, 5) is 12.8. The second-order valence-electron chi connectivity index (χ2n) is 6.42. The Balaban J connectivity index is 2.29. The number of hydrogen-bond acceptors (Lipinski definition) is 3. The Morgan fingerprint density at radius 2 is 1.64 bits per heavy atom. The van der Waals surface area contributed by atoms with Crippen LogP contribution in [0.1, 0.15) is 35.8 Å². The van der Waals surface area contributed by atoms with Gasteiger partial charge in [-0.25, -0.2) is 12.7 Å². The van der Waals surface area contributed by atoms with E-state index in [0.717, 1.165) is 9.87 Å². The van der Waals surface area contributed by atoms with E-state index in [-0.39, 0.29) is 22.8 Å². The van der Waals surface area contributed by atoms with Crippen LogP contribution in [0.2, 0.25) is 0 Å². The molecule has 5 nitrogen and oxygen atoms in total. The second-order valence-corrected chi connectivity index (χ2v) is 8.57. The zero-order chi connectivity index (χ0) is 18.6. The van der Waals surface area contributed by atoms with Crippen LogP contribution in [0.5, 0.6) is 0 Å². The smallest absolute Gasteiger partial charge is 0.251 e. The SMILES string of the molecule is CC(C)[C@@H](NC(=O)c1cccc(S(=O)(=O)N(C)C)c1)c1ccccc1. The first-order valence-corrected chi connectivity index (χ1v) is 9.56. The quantitative estimate of drug-likeness (QED) is 0.861. The van der Waals surface area contributed by atoms with Gasteiger partial charge >= 0.3 is 0 Å². The zero-order valence-electron chi connectivity index (χ0n) is 14.9. The summed E-state index contributed by atoms with van der Waals surface area (Å²) in [5, 5.41) is 3.01. The Morgan fingerprint density at radius 3 is 2.20 bits per heavy atom. The summed E-state index contributed by atoms with van der Waals surface area (Å²) < 4.78 is 25.6. The van der Waals surface area contributed by atoms with Gasteiger partial charge in [0.2, 0.25) is 10.0 Å². The number of nitrogens with one attached hydrogen (secondary N) is 1. The van der Waals surface area contributed by atoms with Crippen molar-refractivity contribution in [3.05, 3.63) is 65.7 Å². The summed E-state index contributed by atoms with van der Waals surface area (Å²) in [6.07, 6.45) is 0. The Hall–Kier alpha value is -2.18. The summed E-state index contributed by atoms with van der Waals surface area (Å²) in [5.41, 5.74) is 1.34. The molecule has 0 aliphatic heterocycles. The van der Waals surface area contributed by atoms with Crippen molar-refractivity contribution in [3.8, 4) is 0 Å². The van der Waals surface area contributed by atoms with E-state index in [1.165, 1.54) is 26.2 Å². The molecule has 0 heterocycles. The van der Waals surface area contributed by atoms with Gasteiger partial charge in [-0.05, 0) is 29.7 Å². The maximum Gasteiger partial charge on any atom is 0.251 e. The van der Waals surface area contributed by atoms with E-state index in [4.69, 9.17) is 0 Å². The van der Waals surface area contributed by atoms with Crippen LogP contribution in [0, 0.1) is 5.92 Å². The summed E-state index contributed by atoms with van der Waals surface area (Å²) >= 11 is 0. The molecule has 2 aromatic carbocycles. The number of hydrogen-bond donors (Lipinski definition) is 1. The van der Waals surface area contributed by atoms with Gasteiger partial charge in [0.15, 0.2) is 0 Å². The molecule has 0 spiro atoms. The third-order valence-electron chi connectivity index (χ3n) is 3.99. The average molecular weight is 360 g/mol. The summed E-state index contributed by atoms with van der Waals surface area (Å²) in [7, 11) is -0.647. The fraction of sp³-hybridized carbons (Fsp3) is 0.316. The standard InChI is InChI=1S/C19H24N2O3S/c1-14(2)18(15-9-6-5-7-10-15)20-19(22)16-11-8-12-17(13-16)25(23,24)21(3)4/h5-14,18H,1-4H3,(H,20,22)/t18-/m1/s1. The minimum absolute atomic E-state index is 0.103. The molecule has 25 heavy (non-hydrogen) atoms. The predicted octanol–water partition coefficient (Wildman–Crippen LogP) is 3.06. The van der Waals surface area contributed by atoms with Crippen LogP contribution in [0.15, 0.2) is 59.5 Å². The van der Waals surface area contributed by atoms with Gasteiger partial charge in [-0.15, -0.1) is 0 Å². The first-order chi connectivity index (χ1) is 11.7. The minimum atomic E-state index is -3.58. The largest absolute Gasteiger partial charge is 0.345 e. The van der Waals surface area contributed by atoms with E-state index < -0.39 is 10.0 Å². The third kappa shape index (κ3) is 4.46. The van der Waals surface area contributed by atoms with Crippen molar-refractivity contribution >= 4 is 15.9 Å². The monoisotopic (exact) mass is 360 g/mol. The van der Waals surface area contributed by atoms with Crippen LogP contribution in [-0.2, 0) is 10.0 Å². The van der Waals surface area contributed by atoms with Gasteiger partial charge in [0.05, 0.1) is 10.9 Å². The van der Waals surface area contributed by atoms with E-state index >= 15 is 0 Å². The van der Waals surface area contributed by atoms with Crippen molar-refractivity contribution in [1.82, 2.24) is 9.62 Å². The van der Waals surface area contributed by atoms with Gasteiger partial charge < -0.3 is 5.32 Å². The molecule has 2 rings (SSSR count). The normalized spacial score (nSPS) is 13.0. The molecule has 1 N–H and O–H groups in total. The molecule has 6 heteroatoms. The van der Waals surface area contributed by atoms with Crippen molar-refractivity contribution < 1.29 is 13.2 Å². The van der Waals surface area contributed by atoms with Crippen LogP contribution >= 0.6 is 0 Å². The fourth-order valence-electron chi connectivity index (χ4n) is 2.53. The van der Waals surface area contributed by atoms with E-state index in [0.29, 0.717) is 5.56 Å². The van der Waals surface area contributed by atoms with Crippen molar-refractivity contribution in [3.63, 3.8) is 0 Å². The number of benzene rings is 2. The maximum absolute atomic E-state index is 12.7. The number of nitrogens with zero attached hydrogens (tertiary/aromatic N) is 1. The molecular weight excluding hydrogens is 336 g/mol. The molecule has 0 radical (unpaired) electrons. The van der Waals surface area contributed by atoms with Crippen LogP contribution in [0.25, 0.3) is 0 Å². The van der Waals surface area contributed by atoms with E-state index in [9.17, 15) is 13.2 Å². The molecule has 0 unspecified atom stereocenters. The molecule has 0 aliphatic rings. The van der Waals surface area contributed by atoms with Gasteiger partial charge in [0, 0.05) is 19.7 Å². The molecule has 0 bridgehead atoms. The Morgan fingerprint density at radius 1 is 1.00 bits per heavy atom. The highest BCUT2D eigenvalue weighted by molar-refractivity contribution is 7.89. The molecule has 1 amide bonds. The number of sulfonamides is 1. The highest BCUT2D eigenvalue weighted by Crippen LogP contribution is 2.22. The number of amides is 1. The molecule has 1 atom stereocenters. The molecule has 0 aliphatic carbocycles. The Kier molecular flexibility index (Phi) is 5.98. The van der Waals surface area contributed by atoms with E-state index in [2.05, 4.69) is 5.32 Å².